The van der Waals surface area contributed by atoms with Gasteiger partial charge in [-0.15, -0.1) is 5.10 Å². The molecule has 1 saturated carbocycles. The number of benzene rings is 1. The molecule has 1 aromatic carbocycles. The molecule has 1 aliphatic heterocycles. The van der Waals surface area contributed by atoms with Gasteiger partial charge >= 0.3 is 5.97 Å². The van der Waals surface area contributed by atoms with Crippen molar-refractivity contribution in [2.75, 3.05) is 0 Å². The smallest absolute Gasteiger partial charge is 0.306 e. The summed E-state index contributed by atoms with van der Waals surface area (Å²) in [6.45, 7) is 0. The fourth-order valence-corrected chi connectivity index (χ4v) is 4.00. The van der Waals surface area contributed by atoms with E-state index in [0.29, 0.717) is 12.8 Å². The molecule has 0 amide bonds. The molecule has 1 saturated heterocycles. The summed E-state index contributed by atoms with van der Waals surface area (Å²) >= 11 is 0. The van der Waals surface area contributed by atoms with E-state index >= 15 is 0 Å². The van der Waals surface area contributed by atoms with Gasteiger partial charge in [-0.25, -0.2) is 0 Å². The van der Waals surface area contributed by atoms with Crippen molar-refractivity contribution in [3.05, 3.63) is 42.2 Å². The summed E-state index contributed by atoms with van der Waals surface area (Å²) in [5.41, 5.74) is -0.161. The van der Waals surface area contributed by atoms with Crippen LogP contribution < -0.4 is 0 Å². The van der Waals surface area contributed by atoms with Gasteiger partial charge in [0.2, 0.25) is 0 Å². The minimum absolute atomic E-state index is 0.324. The van der Waals surface area contributed by atoms with Crippen LogP contribution in [0.15, 0.2) is 36.7 Å². The molecule has 3 unspecified atom stereocenters. The lowest BCUT2D eigenvalue weighted by molar-refractivity contribution is -0.146. The summed E-state index contributed by atoms with van der Waals surface area (Å²) in [5, 5.41) is 20.9. The number of aromatic nitrogens is 4. The first-order valence-electron chi connectivity index (χ1n) is 7.86. The fourth-order valence-electron chi connectivity index (χ4n) is 4.00. The number of rotatable bonds is 3. The molecule has 7 nitrogen and oxygen atoms in total. The summed E-state index contributed by atoms with van der Waals surface area (Å²) in [6, 6.07) is 9.89. The summed E-state index contributed by atoms with van der Waals surface area (Å²) in [4.78, 5) is 11.3. The Bertz CT molecular complexity index is 705. The number of carboxylic acids is 1. The van der Waals surface area contributed by atoms with Crippen LogP contribution in [-0.2, 0) is 15.3 Å². The summed E-state index contributed by atoms with van der Waals surface area (Å²) < 4.78 is 8.22. The lowest BCUT2D eigenvalue weighted by Gasteiger charge is -2.33. The van der Waals surface area contributed by atoms with Crippen LogP contribution in [0, 0.1) is 5.92 Å². The average molecular weight is 314 g/mol. The van der Waals surface area contributed by atoms with Crippen LogP contribution in [0.25, 0.3) is 0 Å². The zero-order valence-corrected chi connectivity index (χ0v) is 12.6. The number of aliphatic carboxylic acids is 1. The van der Waals surface area contributed by atoms with Gasteiger partial charge in [0.25, 0.3) is 0 Å². The van der Waals surface area contributed by atoms with Crippen molar-refractivity contribution in [1.82, 2.24) is 20.2 Å². The predicted molar refractivity (Wildman–Crippen MR) is 79.4 cm³/mol. The molecule has 23 heavy (non-hydrogen) atoms. The van der Waals surface area contributed by atoms with Gasteiger partial charge in [0, 0.05) is 12.0 Å². The molecular weight excluding hydrogens is 296 g/mol. The Kier molecular flexibility index (Phi) is 3.19. The second kappa shape index (κ2) is 5.13. The molecule has 2 heterocycles. The van der Waals surface area contributed by atoms with Crippen molar-refractivity contribution in [3.8, 4) is 0 Å². The number of carboxylic acid groups (broad SMARTS) is 1. The molecule has 1 aliphatic carbocycles. The van der Waals surface area contributed by atoms with Crippen molar-refractivity contribution in [1.29, 1.82) is 0 Å². The third kappa shape index (κ3) is 2.23. The lowest BCUT2D eigenvalue weighted by atomic mass is 9.94. The van der Waals surface area contributed by atoms with Gasteiger partial charge in [0.05, 0.1) is 11.5 Å². The lowest BCUT2D eigenvalue weighted by Crippen LogP contribution is -2.39. The third-order valence-corrected chi connectivity index (χ3v) is 5.16. The topological polar surface area (TPSA) is 90.1 Å². The van der Waals surface area contributed by atoms with Crippen LogP contribution in [0.5, 0.6) is 0 Å². The van der Waals surface area contributed by atoms with Crippen molar-refractivity contribution >= 4 is 5.97 Å². The zero-order chi connectivity index (χ0) is 15.9. The first-order valence-corrected chi connectivity index (χ1v) is 7.86. The largest absolute Gasteiger partial charge is 0.481 e. The van der Waals surface area contributed by atoms with Crippen LogP contribution in [0.3, 0.4) is 0 Å². The molecule has 2 aromatic rings. The number of nitrogens with zero attached hydrogens (tertiary/aromatic N) is 4. The minimum atomic E-state index is -0.752. The number of tetrazole rings is 1. The van der Waals surface area contributed by atoms with Crippen LogP contribution in [-0.4, -0.2) is 36.9 Å². The Morgan fingerprint density at radius 1 is 1.26 bits per heavy atom. The van der Waals surface area contributed by atoms with Crippen molar-refractivity contribution in [2.45, 2.75) is 43.4 Å². The monoisotopic (exact) mass is 314 g/mol. The average Bonchev–Trinajstić information content (AvgIpc) is 3.29. The second-order valence-corrected chi connectivity index (χ2v) is 6.47. The van der Waals surface area contributed by atoms with Crippen molar-refractivity contribution in [2.24, 2.45) is 5.92 Å². The minimum Gasteiger partial charge on any atom is -0.481 e. The van der Waals surface area contributed by atoms with E-state index < -0.39 is 17.3 Å². The first kappa shape index (κ1) is 14.3. The summed E-state index contributed by atoms with van der Waals surface area (Å²) in [5.74, 6) is -1.06. The first-order chi connectivity index (χ1) is 11.1. The van der Waals surface area contributed by atoms with E-state index in [4.69, 9.17) is 4.74 Å². The molecule has 2 aliphatic rings. The van der Waals surface area contributed by atoms with E-state index in [-0.39, 0.29) is 5.92 Å². The number of carbonyl (C=O) groups is 1. The maximum absolute atomic E-state index is 11.3. The third-order valence-electron chi connectivity index (χ3n) is 5.16. The quantitative estimate of drug-likeness (QED) is 0.929. The molecule has 0 radical (unpaired) electrons. The number of hydrogen-bond acceptors (Lipinski definition) is 5. The summed E-state index contributed by atoms with van der Waals surface area (Å²) in [6.07, 6.45) is 5.09. The van der Waals surface area contributed by atoms with E-state index in [0.717, 1.165) is 24.8 Å². The van der Waals surface area contributed by atoms with E-state index in [1.807, 2.05) is 30.3 Å². The van der Waals surface area contributed by atoms with Gasteiger partial charge in [0.1, 0.15) is 6.33 Å². The molecule has 1 aromatic heterocycles. The molecule has 7 heteroatoms. The highest BCUT2D eigenvalue weighted by atomic mass is 16.5. The van der Waals surface area contributed by atoms with E-state index in [1.165, 1.54) is 0 Å². The molecule has 3 atom stereocenters. The van der Waals surface area contributed by atoms with E-state index in [1.54, 1.807) is 11.0 Å². The van der Waals surface area contributed by atoms with Gasteiger partial charge in [-0.1, -0.05) is 30.3 Å². The Morgan fingerprint density at radius 2 is 2.09 bits per heavy atom. The van der Waals surface area contributed by atoms with Crippen LogP contribution >= 0.6 is 0 Å². The Balaban J connectivity index is 1.71. The molecule has 0 bridgehead atoms. The normalized spacial score (nSPS) is 33.3. The number of ether oxygens (including phenoxy) is 1. The Labute approximate surface area is 133 Å². The molecule has 120 valence electrons. The second-order valence-electron chi connectivity index (χ2n) is 6.47. The van der Waals surface area contributed by atoms with Crippen molar-refractivity contribution in [3.63, 3.8) is 0 Å². The number of hydrogen-bond donors (Lipinski definition) is 1. The molecular formula is C16H18N4O3. The summed E-state index contributed by atoms with van der Waals surface area (Å²) in [7, 11) is 0. The van der Waals surface area contributed by atoms with Gasteiger partial charge in [-0.2, -0.15) is 4.68 Å². The maximum atomic E-state index is 11.3. The van der Waals surface area contributed by atoms with Gasteiger partial charge in [-0.3, -0.25) is 4.79 Å². The Morgan fingerprint density at radius 3 is 2.74 bits per heavy atom. The fraction of sp³-hybridized carbons (Fsp3) is 0.500. The molecule has 1 N–H and O–H groups in total. The molecule has 1 spiro atoms. The highest BCUT2D eigenvalue weighted by Gasteiger charge is 2.55. The van der Waals surface area contributed by atoms with Crippen molar-refractivity contribution < 1.29 is 14.6 Å². The standard InChI is InChI=1S/C16H18N4O3/c21-14(22)12-6-7-15(10-12)8-9-16(23-15,20-11-17-18-19-20)13-4-2-1-3-5-13/h1-5,11-12H,6-10H2,(H,21,22). The maximum Gasteiger partial charge on any atom is 0.306 e. The highest BCUT2D eigenvalue weighted by molar-refractivity contribution is 5.70. The predicted octanol–water partition coefficient (Wildman–Crippen LogP) is 1.81. The SMILES string of the molecule is O=C(O)C1CCC2(CCC(c3ccccc3)(n3cnnn3)O2)C1. The molecule has 4 rings (SSSR count). The zero-order valence-electron chi connectivity index (χ0n) is 12.6. The van der Waals surface area contributed by atoms with Gasteiger partial charge in [-0.05, 0) is 36.1 Å². The van der Waals surface area contributed by atoms with Crippen LogP contribution in [0.4, 0.5) is 0 Å². The van der Waals surface area contributed by atoms with Gasteiger partial charge < -0.3 is 9.84 Å². The Hall–Kier alpha value is -2.28. The molecule has 2 fully saturated rings. The van der Waals surface area contributed by atoms with E-state index in [2.05, 4.69) is 15.5 Å². The van der Waals surface area contributed by atoms with Gasteiger partial charge in [0.15, 0.2) is 5.72 Å². The van der Waals surface area contributed by atoms with Crippen LogP contribution in [0.1, 0.15) is 37.7 Å². The van der Waals surface area contributed by atoms with Crippen LogP contribution in [0.2, 0.25) is 0 Å². The van der Waals surface area contributed by atoms with E-state index in [9.17, 15) is 9.90 Å². The highest BCUT2D eigenvalue weighted by Crippen LogP contribution is 2.53.